The van der Waals surface area contributed by atoms with E-state index >= 15 is 0 Å². The molecule has 1 aliphatic rings. The lowest BCUT2D eigenvalue weighted by atomic mass is 9.64. The van der Waals surface area contributed by atoms with E-state index in [0.717, 1.165) is 6.42 Å². The standard InChI is InChI=1S/C12H11NO4/c14-10(15)12(4-1-5-12)7-2-3-8-9(6-7)17-11(16)13-8/h2-3,6H,1,4-5H2,(H,13,16)(H,14,15). The maximum atomic E-state index is 11.3. The van der Waals surface area contributed by atoms with Crippen LogP contribution in [0.25, 0.3) is 11.1 Å². The van der Waals surface area contributed by atoms with E-state index in [1.807, 2.05) is 0 Å². The molecule has 1 heterocycles. The van der Waals surface area contributed by atoms with Crippen LogP contribution in [0.2, 0.25) is 0 Å². The molecule has 5 nitrogen and oxygen atoms in total. The highest BCUT2D eigenvalue weighted by Crippen LogP contribution is 2.44. The molecule has 1 saturated carbocycles. The fraction of sp³-hybridized carbons (Fsp3) is 0.333. The summed E-state index contributed by atoms with van der Waals surface area (Å²) in [6.07, 6.45) is 2.20. The van der Waals surface area contributed by atoms with Crippen LogP contribution in [-0.4, -0.2) is 16.1 Å². The molecule has 0 aliphatic heterocycles. The van der Waals surface area contributed by atoms with E-state index in [1.165, 1.54) is 0 Å². The van der Waals surface area contributed by atoms with Gasteiger partial charge in [-0.15, -0.1) is 0 Å². The Morgan fingerprint density at radius 2 is 2.18 bits per heavy atom. The number of oxazole rings is 1. The molecule has 2 N–H and O–H groups in total. The number of aromatic amines is 1. The molecule has 1 aromatic carbocycles. The molecular weight excluding hydrogens is 222 g/mol. The summed E-state index contributed by atoms with van der Waals surface area (Å²) in [5, 5.41) is 9.31. The molecule has 0 radical (unpaired) electrons. The molecule has 1 aromatic heterocycles. The van der Waals surface area contributed by atoms with Crippen LogP contribution < -0.4 is 5.76 Å². The monoisotopic (exact) mass is 233 g/mol. The number of rotatable bonds is 2. The molecule has 17 heavy (non-hydrogen) atoms. The van der Waals surface area contributed by atoms with Crippen molar-refractivity contribution in [3.63, 3.8) is 0 Å². The maximum Gasteiger partial charge on any atom is 0.417 e. The Labute approximate surface area is 96.1 Å². The van der Waals surface area contributed by atoms with Crippen LogP contribution in [0.3, 0.4) is 0 Å². The fourth-order valence-corrected chi connectivity index (χ4v) is 2.40. The van der Waals surface area contributed by atoms with Gasteiger partial charge in [0, 0.05) is 0 Å². The molecule has 5 heteroatoms. The fourth-order valence-electron chi connectivity index (χ4n) is 2.40. The molecule has 2 aromatic rings. The zero-order valence-electron chi connectivity index (χ0n) is 9.03. The summed E-state index contributed by atoms with van der Waals surface area (Å²) < 4.78 is 4.95. The predicted molar refractivity (Wildman–Crippen MR) is 60.0 cm³/mol. The van der Waals surface area contributed by atoms with Crippen molar-refractivity contribution in [2.24, 2.45) is 0 Å². The van der Waals surface area contributed by atoms with Crippen LogP contribution in [0.4, 0.5) is 0 Å². The van der Waals surface area contributed by atoms with Gasteiger partial charge in [-0.3, -0.25) is 9.78 Å². The van der Waals surface area contributed by atoms with Gasteiger partial charge >= 0.3 is 11.7 Å². The second-order valence-electron chi connectivity index (χ2n) is 4.47. The first-order valence-corrected chi connectivity index (χ1v) is 5.49. The average molecular weight is 233 g/mol. The van der Waals surface area contributed by atoms with Crippen LogP contribution in [-0.2, 0) is 10.2 Å². The zero-order chi connectivity index (χ0) is 12.0. The summed E-state index contributed by atoms with van der Waals surface area (Å²) in [4.78, 5) is 24.9. The summed E-state index contributed by atoms with van der Waals surface area (Å²) in [6, 6.07) is 5.10. The summed E-state index contributed by atoms with van der Waals surface area (Å²) in [7, 11) is 0. The summed E-state index contributed by atoms with van der Waals surface area (Å²) in [5.41, 5.74) is 0.939. The molecule has 0 amide bonds. The quantitative estimate of drug-likeness (QED) is 0.825. The van der Waals surface area contributed by atoms with E-state index in [1.54, 1.807) is 18.2 Å². The SMILES string of the molecule is O=C(O)C1(c2ccc3[nH]c(=O)oc3c2)CCC1. The van der Waals surface area contributed by atoms with Crippen LogP contribution >= 0.6 is 0 Å². The number of benzene rings is 1. The van der Waals surface area contributed by atoms with Crippen LogP contribution in [0.15, 0.2) is 27.4 Å². The number of fused-ring (bicyclic) bond motifs is 1. The van der Waals surface area contributed by atoms with E-state index < -0.39 is 17.1 Å². The lowest BCUT2D eigenvalue weighted by molar-refractivity contribution is -0.147. The average Bonchev–Trinajstić information content (AvgIpc) is 2.54. The van der Waals surface area contributed by atoms with Crippen LogP contribution in [0.5, 0.6) is 0 Å². The molecule has 1 aliphatic carbocycles. The first-order chi connectivity index (χ1) is 8.12. The van der Waals surface area contributed by atoms with Gasteiger partial charge in [0.05, 0.1) is 10.9 Å². The van der Waals surface area contributed by atoms with Gasteiger partial charge in [-0.1, -0.05) is 12.5 Å². The molecule has 0 spiro atoms. The highest BCUT2D eigenvalue weighted by Gasteiger charge is 2.46. The van der Waals surface area contributed by atoms with Gasteiger partial charge in [-0.2, -0.15) is 0 Å². The number of hydrogen-bond acceptors (Lipinski definition) is 3. The minimum atomic E-state index is -0.805. The molecule has 3 rings (SSSR count). The van der Waals surface area contributed by atoms with Gasteiger partial charge in [0.15, 0.2) is 5.58 Å². The van der Waals surface area contributed by atoms with Crippen molar-refractivity contribution in [3.8, 4) is 0 Å². The number of nitrogens with one attached hydrogen (secondary N) is 1. The van der Waals surface area contributed by atoms with Gasteiger partial charge in [-0.05, 0) is 30.5 Å². The highest BCUT2D eigenvalue weighted by atomic mass is 16.4. The lowest BCUT2D eigenvalue weighted by Gasteiger charge is -2.37. The number of aromatic nitrogens is 1. The largest absolute Gasteiger partial charge is 0.481 e. The zero-order valence-corrected chi connectivity index (χ0v) is 9.03. The molecule has 0 unspecified atom stereocenters. The summed E-state index contributed by atoms with van der Waals surface area (Å²) in [5.74, 6) is -1.32. The van der Waals surface area contributed by atoms with E-state index in [9.17, 15) is 14.7 Å². The Morgan fingerprint density at radius 3 is 2.76 bits per heavy atom. The van der Waals surface area contributed by atoms with E-state index in [2.05, 4.69) is 4.98 Å². The number of carboxylic acid groups (broad SMARTS) is 1. The number of hydrogen-bond donors (Lipinski definition) is 2. The van der Waals surface area contributed by atoms with Gasteiger partial charge in [0.25, 0.3) is 0 Å². The van der Waals surface area contributed by atoms with Crippen molar-refractivity contribution >= 4 is 17.1 Å². The van der Waals surface area contributed by atoms with E-state index in [-0.39, 0.29) is 0 Å². The molecule has 88 valence electrons. The summed E-state index contributed by atoms with van der Waals surface area (Å²) >= 11 is 0. The van der Waals surface area contributed by atoms with Gasteiger partial charge < -0.3 is 9.52 Å². The minimum absolute atomic E-state index is 0.417. The topological polar surface area (TPSA) is 83.3 Å². The van der Waals surface area contributed by atoms with Crippen molar-refractivity contribution in [1.29, 1.82) is 0 Å². The third kappa shape index (κ3) is 1.32. The molecule has 0 atom stereocenters. The Morgan fingerprint density at radius 1 is 1.41 bits per heavy atom. The molecule has 1 fully saturated rings. The third-order valence-electron chi connectivity index (χ3n) is 3.59. The maximum absolute atomic E-state index is 11.3. The Hall–Kier alpha value is -2.04. The molecule has 0 saturated heterocycles. The first-order valence-electron chi connectivity index (χ1n) is 5.49. The van der Waals surface area contributed by atoms with E-state index in [4.69, 9.17) is 4.42 Å². The molecule has 0 bridgehead atoms. The predicted octanol–water partition coefficient (Wildman–Crippen LogP) is 1.63. The summed E-state index contributed by atoms with van der Waals surface area (Å²) in [6.45, 7) is 0. The van der Waals surface area contributed by atoms with Crippen LogP contribution in [0.1, 0.15) is 24.8 Å². The highest BCUT2D eigenvalue weighted by molar-refractivity contribution is 5.84. The number of carbonyl (C=O) groups is 1. The minimum Gasteiger partial charge on any atom is -0.481 e. The van der Waals surface area contributed by atoms with Crippen molar-refractivity contribution in [2.75, 3.05) is 0 Å². The number of H-pyrrole nitrogens is 1. The van der Waals surface area contributed by atoms with Gasteiger partial charge in [0.2, 0.25) is 0 Å². The van der Waals surface area contributed by atoms with Crippen molar-refractivity contribution < 1.29 is 14.3 Å². The van der Waals surface area contributed by atoms with Crippen LogP contribution in [0, 0.1) is 0 Å². The number of carboxylic acids is 1. The Balaban J connectivity index is 2.17. The normalized spacial score (nSPS) is 17.9. The third-order valence-corrected chi connectivity index (χ3v) is 3.59. The van der Waals surface area contributed by atoms with Gasteiger partial charge in [-0.25, -0.2) is 4.79 Å². The Bertz CT molecular complexity index is 648. The van der Waals surface area contributed by atoms with Gasteiger partial charge in [0.1, 0.15) is 0 Å². The second-order valence-corrected chi connectivity index (χ2v) is 4.47. The van der Waals surface area contributed by atoms with Crippen molar-refractivity contribution in [2.45, 2.75) is 24.7 Å². The molecular formula is C12H11NO4. The lowest BCUT2D eigenvalue weighted by Crippen LogP contribution is -2.42. The number of aliphatic carboxylic acids is 1. The van der Waals surface area contributed by atoms with Crippen molar-refractivity contribution in [1.82, 2.24) is 4.98 Å². The smallest absolute Gasteiger partial charge is 0.417 e. The first kappa shape index (κ1) is 10.1. The second kappa shape index (κ2) is 3.23. The Kier molecular flexibility index (Phi) is 1.92. The van der Waals surface area contributed by atoms with Crippen molar-refractivity contribution in [3.05, 3.63) is 34.3 Å². The van der Waals surface area contributed by atoms with E-state index in [0.29, 0.717) is 29.5 Å².